The van der Waals surface area contributed by atoms with Gasteiger partial charge in [0.15, 0.2) is 0 Å². The third-order valence-corrected chi connectivity index (χ3v) is 8.51. The summed E-state index contributed by atoms with van der Waals surface area (Å²) in [6.07, 6.45) is 11.2. The number of aryl methyl sites for hydroxylation is 1. The summed E-state index contributed by atoms with van der Waals surface area (Å²) < 4.78 is 6.17. The molecule has 2 aromatic carbocycles. The highest BCUT2D eigenvalue weighted by Crippen LogP contribution is 2.55. The Bertz CT molecular complexity index is 1160. The van der Waals surface area contributed by atoms with E-state index in [2.05, 4.69) is 44.2 Å². The quantitative estimate of drug-likeness (QED) is 0.396. The average molecular weight is 431 g/mol. The van der Waals surface area contributed by atoms with Crippen LogP contribution in [0.1, 0.15) is 74.8 Å². The van der Waals surface area contributed by atoms with Crippen molar-refractivity contribution < 1.29 is 4.42 Å². The first-order valence-corrected chi connectivity index (χ1v) is 12.4. The molecule has 2 unspecified atom stereocenters. The minimum absolute atomic E-state index is 0.341. The van der Waals surface area contributed by atoms with Crippen LogP contribution in [0.3, 0.4) is 0 Å². The molecule has 160 valence electrons. The molecule has 2 atom stereocenters. The van der Waals surface area contributed by atoms with E-state index in [0.29, 0.717) is 5.41 Å². The maximum Gasteiger partial charge on any atom is 0.136 e. The topological polar surface area (TPSA) is 13.1 Å². The van der Waals surface area contributed by atoms with E-state index < -0.39 is 0 Å². The number of benzene rings is 2. The molecule has 1 nitrogen and oxygen atoms in total. The van der Waals surface area contributed by atoms with Crippen LogP contribution in [0.25, 0.3) is 22.6 Å². The fourth-order valence-electron chi connectivity index (χ4n) is 7.48. The zero-order valence-corrected chi connectivity index (χ0v) is 19.3. The monoisotopic (exact) mass is 430 g/mol. The lowest BCUT2D eigenvalue weighted by molar-refractivity contribution is 0.0778. The van der Waals surface area contributed by atoms with Crippen LogP contribution < -0.4 is 0 Å². The summed E-state index contributed by atoms with van der Waals surface area (Å²) in [6.45, 7) is 4.95. The fraction of sp³-hybridized carbons (Fsp3) is 0.448. The Kier molecular flexibility index (Phi) is 4.62. The van der Waals surface area contributed by atoms with Crippen LogP contribution in [-0.4, -0.2) is 0 Å². The average Bonchev–Trinajstić information content (AvgIpc) is 3.11. The lowest BCUT2D eigenvalue weighted by atomic mass is 9.54. The highest BCUT2D eigenvalue weighted by Gasteiger charge is 2.46. The second-order valence-corrected chi connectivity index (χ2v) is 11.1. The summed E-state index contributed by atoms with van der Waals surface area (Å²) in [5.41, 5.74) is 6.97. The van der Waals surface area contributed by atoms with Gasteiger partial charge >= 0.3 is 0 Å². The third kappa shape index (κ3) is 3.20. The van der Waals surface area contributed by atoms with Gasteiger partial charge in [-0.15, -0.1) is 0 Å². The first kappa shape index (κ1) is 19.7. The number of fused-ring (bicyclic) bond motifs is 5. The van der Waals surface area contributed by atoms with Crippen molar-refractivity contribution >= 4 is 34.2 Å². The number of furan rings is 1. The first-order valence-electron chi connectivity index (χ1n) is 12.0. The van der Waals surface area contributed by atoms with Crippen LogP contribution in [0.15, 0.2) is 46.9 Å². The Morgan fingerprint density at radius 2 is 1.68 bits per heavy atom. The van der Waals surface area contributed by atoms with Gasteiger partial charge in [0.2, 0.25) is 0 Å². The van der Waals surface area contributed by atoms with Crippen molar-refractivity contribution in [2.24, 2.45) is 17.8 Å². The summed E-state index contributed by atoms with van der Waals surface area (Å²) >= 11 is 6.59. The zero-order valence-electron chi connectivity index (χ0n) is 18.6. The van der Waals surface area contributed by atoms with Gasteiger partial charge in [0.05, 0.1) is 5.02 Å². The highest BCUT2D eigenvalue weighted by molar-refractivity contribution is 6.36. The van der Waals surface area contributed by atoms with Gasteiger partial charge in [-0.25, -0.2) is 0 Å². The van der Waals surface area contributed by atoms with Gasteiger partial charge in [0.25, 0.3) is 0 Å². The lowest BCUT2D eigenvalue weighted by Crippen LogP contribution is -2.42. The summed E-state index contributed by atoms with van der Waals surface area (Å²) in [7, 11) is 0. The molecule has 0 saturated heterocycles. The highest BCUT2D eigenvalue weighted by atomic mass is 35.5. The number of hydrogen-bond donors (Lipinski definition) is 0. The molecule has 0 radical (unpaired) electrons. The van der Waals surface area contributed by atoms with Crippen molar-refractivity contribution in [3.63, 3.8) is 0 Å². The van der Waals surface area contributed by atoms with Crippen LogP contribution in [-0.2, 0) is 11.8 Å². The molecule has 0 aliphatic heterocycles. The van der Waals surface area contributed by atoms with E-state index in [1.54, 1.807) is 5.56 Å². The predicted molar refractivity (Wildman–Crippen MR) is 130 cm³/mol. The molecular weight excluding hydrogens is 400 g/mol. The van der Waals surface area contributed by atoms with Crippen LogP contribution >= 0.6 is 11.6 Å². The van der Waals surface area contributed by atoms with Gasteiger partial charge in [0.1, 0.15) is 11.3 Å². The van der Waals surface area contributed by atoms with Gasteiger partial charge in [-0.3, -0.25) is 0 Å². The minimum atomic E-state index is 0.341. The van der Waals surface area contributed by atoms with Crippen molar-refractivity contribution in [1.82, 2.24) is 0 Å². The molecule has 2 heteroatoms. The fourth-order valence-corrected chi connectivity index (χ4v) is 7.75. The molecule has 1 aromatic heterocycles. The molecule has 2 fully saturated rings. The van der Waals surface area contributed by atoms with Gasteiger partial charge in [-0.2, -0.15) is 0 Å². The number of hydrogen-bond acceptors (Lipinski definition) is 1. The van der Waals surface area contributed by atoms with Crippen molar-refractivity contribution in [3.8, 4) is 0 Å². The zero-order chi connectivity index (χ0) is 21.2. The molecule has 0 spiro atoms. The second kappa shape index (κ2) is 7.27. The second-order valence-electron chi connectivity index (χ2n) is 10.7. The lowest BCUT2D eigenvalue weighted by Gasteiger charge is -2.51. The molecule has 2 saturated carbocycles. The van der Waals surface area contributed by atoms with Crippen molar-refractivity contribution in [2.75, 3.05) is 0 Å². The molecular formula is C29H31ClO. The van der Waals surface area contributed by atoms with E-state index in [9.17, 15) is 0 Å². The van der Waals surface area contributed by atoms with Gasteiger partial charge in [0, 0.05) is 17.4 Å². The maximum absolute atomic E-state index is 6.59. The molecule has 2 bridgehead atoms. The van der Waals surface area contributed by atoms with E-state index in [-0.39, 0.29) is 0 Å². The Morgan fingerprint density at radius 1 is 0.903 bits per heavy atom. The van der Waals surface area contributed by atoms with Gasteiger partial charge in [-0.05, 0) is 96.6 Å². The first-order chi connectivity index (χ1) is 15.0. The Balaban J connectivity index is 1.49. The van der Waals surface area contributed by atoms with Crippen LogP contribution in [0.5, 0.6) is 0 Å². The Morgan fingerprint density at radius 3 is 2.48 bits per heavy atom. The SMILES string of the molecule is CC1CC2CC(C)CC(c3ccccc3C3=Cc4c(oc5cccc(Cl)c45)CC3)(C1)C2. The van der Waals surface area contributed by atoms with E-state index in [1.807, 2.05) is 18.2 Å². The van der Waals surface area contributed by atoms with Gasteiger partial charge in [-0.1, -0.05) is 55.8 Å². The minimum Gasteiger partial charge on any atom is -0.460 e. The Hall–Kier alpha value is -1.99. The molecule has 3 aliphatic carbocycles. The predicted octanol–water partition coefficient (Wildman–Crippen LogP) is 8.68. The van der Waals surface area contributed by atoms with E-state index in [4.69, 9.17) is 16.0 Å². The molecule has 0 amide bonds. The van der Waals surface area contributed by atoms with E-state index in [0.717, 1.165) is 52.3 Å². The van der Waals surface area contributed by atoms with Gasteiger partial charge < -0.3 is 4.42 Å². The van der Waals surface area contributed by atoms with E-state index >= 15 is 0 Å². The molecule has 1 heterocycles. The number of rotatable bonds is 2. The third-order valence-electron chi connectivity index (χ3n) is 8.19. The van der Waals surface area contributed by atoms with E-state index in [1.165, 1.54) is 48.8 Å². The van der Waals surface area contributed by atoms with Crippen LogP contribution in [0.4, 0.5) is 0 Å². The molecule has 6 rings (SSSR count). The largest absolute Gasteiger partial charge is 0.460 e. The molecule has 3 aromatic rings. The number of halogens is 1. The summed E-state index contributed by atoms with van der Waals surface area (Å²) in [6, 6.07) is 15.3. The van der Waals surface area contributed by atoms with Crippen LogP contribution in [0.2, 0.25) is 5.02 Å². The Labute approximate surface area is 190 Å². The van der Waals surface area contributed by atoms with Crippen molar-refractivity contribution in [3.05, 3.63) is 69.9 Å². The summed E-state index contributed by atoms with van der Waals surface area (Å²) in [5, 5.41) is 1.86. The van der Waals surface area contributed by atoms with Crippen LogP contribution in [0, 0.1) is 17.8 Å². The number of allylic oxidation sites excluding steroid dienone is 1. The maximum atomic E-state index is 6.59. The van der Waals surface area contributed by atoms with Crippen molar-refractivity contribution in [1.29, 1.82) is 0 Å². The smallest absolute Gasteiger partial charge is 0.136 e. The van der Waals surface area contributed by atoms with Crippen molar-refractivity contribution in [2.45, 2.75) is 64.2 Å². The standard InChI is InChI=1S/C29H31ClO/c1-18-12-20-13-19(2)16-29(15-18,17-20)24-7-4-3-6-22(24)21-10-11-26-23(14-21)28-25(30)8-5-9-27(28)31-26/h3-9,14,18-20H,10-13,15-17H2,1-2H3. The molecule has 0 N–H and O–H groups in total. The summed E-state index contributed by atoms with van der Waals surface area (Å²) in [5.74, 6) is 3.62. The summed E-state index contributed by atoms with van der Waals surface area (Å²) in [4.78, 5) is 0. The molecule has 3 aliphatic rings. The normalized spacial score (nSPS) is 30.2. The molecule has 31 heavy (non-hydrogen) atoms.